The lowest BCUT2D eigenvalue weighted by atomic mass is 10.1. The van der Waals surface area contributed by atoms with Gasteiger partial charge in [0.05, 0.1) is 18.8 Å². The van der Waals surface area contributed by atoms with Gasteiger partial charge in [-0.05, 0) is 25.8 Å². The van der Waals surface area contributed by atoms with Crippen molar-refractivity contribution in [3.05, 3.63) is 0 Å². The van der Waals surface area contributed by atoms with Crippen LogP contribution in [0.4, 0.5) is 0 Å². The highest BCUT2D eigenvalue weighted by molar-refractivity contribution is 5.85. The summed E-state index contributed by atoms with van der Waals surface area (Å²) in [7, 11) is 0. The molecule has 1 unspecified atom stereocenters. The standard InChI is InChI=1S/C11H20N2O2.ClH/c1-2-9-8-13(6-7-15-9)11(14)10-4-3-5-12-10;/h9-10,12H,2-8H2,1H3;1H/t9?,10-;/m0./s1. The lowest BCUT2D eigenvalue weighted by molar-refractivity contribution is -0.140. The van der Waals surface area contributed by atoms with Gasteiger partial charge in [0.2, 0.25) is 5.91 Å². The van der Waals surface area contributed by atoms with E-state index in [0.717, 1.165) is 38.9 Å². The number of amides is 1. The molecule has 2 fully saturated rings. The summed E-state index contributed by atoms with van der Waals surface area (Å²) < 4.78 is 5.56. The van der Waals surface area contributed by atoms with Crippen LogP contribution in [0, 0.1) is 0 Å². The predicted molar refractivity (Wildman–Crippen MR) is 64.9 cm³/mol. The van der Waals surface area contributed by atoms with Gasteiger partial charge < -0.3 is 15.0 Å². The van der Waals surface area contributed by atoms with Crippen molar-refractivity contribution in [3.8, 4) is 0 Å². The van der Waals surface area contributed by atoms with Crippen molar-refractivity contribution in [2.24, 2.45) is 0 Å². The zero-order valence-corrected chi connectivity index (χ0v) is 10.6. The van der Waals surface area contributed by atoms with Gasteiger partial charge in [0.15, 0.2) is 0 Å². The Morgan fingerprint density at radius 2 is 2.38 bits per heavy atom. The van der Waals surface area contributed by atoms with Gasteiger partial charge in [0.25, 0.3) is 0 Å². The highest BCUT2D eigenvalue weighted by atomic mass is 35.5. The molecule has 1 N–H and O–H groups in total. The lowest BCUT2D eigenvalue weighted by Crippen LogP contribution is -2.51. The molecule has 0 bridgehead atoms. The Morgan fingerprint density at radius 3 is 3.00 bits per heavy atom. The first-order valence-corrected chi connectivity index (χ1v) is 5.95. The van der Waals surface area contributed by atoms with Crippen molar-refractivity contribution in [2.45, 2.75) is 38.3 Å². The molecule has 0 spiro atoms. The number of nitrogens with one attached hydrogen (secondary N) is 1. The minimum Gasteiger partial charge on any atom is -0.375 e. The van der Waals surface area contributed by atoms with E-state index in [1.807, 2.05) is 4.90 Å². The average molecular weight is 249 g/mol. The molecule has 0 aliphatic carbocycles. The van der Waals surface area contributed by atoms with Crippen LogP contribution in [0.3, 0.4) is 0 Å². The molecule has 0 radical (unpaired) electrons. The van der Waals surface area contributed by atoms with Gasteiger partial charge in [-0.1, -0.05) is 6.92 Å². The Morgan fingerprint density at radius 1 is 1.56 bits per heavy atom. The monoisotopic (exact) mass is 248 g/mol. The summed E-state index contributed by atoms with van der Waals surface area (Å²) in [6.07, 6.45) is 3.34. The van der Waals surface area contributed by atoms with Crippen molar-refractivity contribution in [1.82, 2.24) is 10.2 Å². The van der Waals surface area contributed by atoms with Crippen molar-refractivity contribution in [1.29, 1.82) is 0 Å². The highest BCUT2D eigenvalue weighted by Crippen LogP contribution is 2.13. The maximum atomic E-state index is 12.1. The molecule has 0 saturated carbocycles. The molecular weight excluding hydrogens is 228 g/mol. The molecule has 2 aliphatic heterocycles. The summed E-state index contributed by atoms with van der Waals surface area (Å²) in [6.45, 7) is 5.31. The molecule has 0 aromatic heterocycles. The van der Waals surface area contributed by atoms with E-state index in [9.17, 15) is 4.79 Å². The quantitative estimate of drug-likeness (QED) is 0.786. The van der Waals surface area contributed by atoms with Crippen LogP contribution in [-0.4, -0.2) is 49.2 Å². The number of carbonyl (C=O) groups is 1. The van der Waals surface area contributed by atoms with Gasteiger partial charge in [-0.2, -0.15) is 0 Å². The first kappa shape index (κ1) is 13.7. The minimum atomic E-state index is 0. The van der Waals surface area contributed by atoms with Crippen LogP contribution in [0.25, 0.3) is 0 Å². The van der Waals surface area contributed by atoms with Crippen LogP contribution < -0.4 is 5.32 Å². The van der Waals surface area contributed by atoms with Gasteiger partial charge in [-0.3, -0.25) is 4.79 Å². The number of hydrogen-bond acceptors (Lipinski definition) is 3. The van der Waals surface area contributed by atoms with Crippen molar-refractivity contribution >= 4 is 18.3 Å². The van der Waals surface area contributed by atoms with Crippen LogP contribution in [-0.2, 0) is 9.53 Å². The van der Waals surface area contributed by atoms with Gasteiger partial charge in [0, 0.05) is 13.1 Å². The molecule has 5 heteroatoms. The number of carbonyl (C=O) groups excluding carboxylic acids is 1. The first-order valence-electron chi connectivity index (χ1n) is 5.95. The molecule has 2 heterocycles. The molecule has 4 nitrogen and oxygen atoms in total. The normalized spacial score (nSPS) is 29.9. The van der Waals surface area contributed by atoms with Gasteiger partial charge in [0.1, 0.15) is 0 Å². The SMILES string of the molecule is CCC1CN(C(=O)[C@@H]2CCCN2)CCO1.Cl. The Kier molecular flexibility index (Phi) is 5.52. The highest BCUT2D eigenvalue weighted by Gasteiger charge is 2.30. The third-order valence-corrected chi connectivity index (χ3v) is 3.26. The van der Waals surface area contributed by atoms with Crippen molar-refractivity contribution in [3.63, 3.8) is 0 Å². The maximum Gasteiger partial charge on any atom is 0.239 e. The summed E-state index contributed by atoms with van der Waals surface area (Å²) in [5.74, 6) is 0.272. The lowest BCUT2D eigenvalue weighted by Gasteiger charge is -2.34. The van der Waals surface area contributed by atoms with E-state index in [1.54, 1.807) is 0 Å². The van der Waals surface area contributed by atoms with E-state index in [4.69, 9.17) is 4.74 Å². The van der Waals surface area contributed by atoms with E-state index in [-0.39, 0.29) is 30.5 Å². The van der Waals surface area contributed by atoms with Crippen LogP contribution in [0.2, 0.25) is 0 Å². The van der Waals surface area contributed by atoms with Crippen LogP contribution in [0.1, 0.15) is 26.2 Å². The molecule has 2 saturated heterocycles. The number of halogens is 1. The summed E-state index contributed by atoms with van der Waals surface area (Å²) >= 11 is 0. The third kappa shape index (κ3) is 3.09. The first-order chi connectivity index (χ1) is 7.31. The predicted octanol–water partition coefficient (Wildman–Crippen LogP) is 0.798. The average Bonchev–Trinajstić information content (AvgIpc) is 2.81. The maximum absolute atomic E-state index is 12.1. The number of nitrogens with zero attached hydrogens (tertiary/aromatic N) is 1. The van der Waals surface area contributed by atoms with Crippen molar-refractivity contribution in [2.75, 3.05) is 26.2 Å². The number of morpholine rings is 1. The molecular formula is C11H21ClN2O2. The zero-order valence-electron chi connectivity index (χ0n) is 9.78. The largest absolute Gasteiger partial charge is 0.375 e. The third-order valence-electron chi connectivity index (χ3n) is 3.26. The summed E-state index contributed by atoms with van der Waals surface area (Å²) in [4.78, 5) is 14.0. The number of rotatable bonds is 2. The number of ether oxygens (including phenoxy) is 1. The molecule has 1 amide bonds. The molecule has 2 aliphatic rings. The van der Waals surface area contributed by atoms with Gasteiger partial charge >= 0.3 is 0 Å². The molecule has 16 heavy (non-hydrogen) atoms. The van der Waals surface area contributed by atoms with E-state index >= 15 is 0 Å². The van der Waals surface area contributed by atoms with Crippen molar-refractivity contribution < 1.29 is 9.53 Å². The van der Waals surface area contributed by atoms with E-state index in [0.29, 0.717) is 6.61 Å². The molecule has 2 rings (SSSR count). The Hall–Kier alpha value is -0.320. The molecule has 2 atom stereocenters. The fourth-order valence-electron chi connectivity index (χ4n) is 2.28. The van der Waals surface area contributed by atoms with Crippen LogP contribution in [0.15, 0.2) is 0 Å². The fraction of sp³-hybridized carbons (Fsp3) is 0.909. The summed E-state index contributed by atoms with van der Waals surface area (Å²) in [5.41, 5.74) is 0. The smallest absolute Gasteiger partial charge is 0.239 e. The number of hydrogen-bond donors (Lipinski definition) is 1. The van der Waals surface area contributed by atoms with E-state index < -0.39 is 0 Å². The topological polar surface area (TPSA) is 41.6 Å². The Bertz CT molecular complexity index is 232. The molecule has 0 aromatic rings. The molecule has 94 valence electrons. The van der Waals surface area contributed by atoms with Gasteiger partial charge in [-0.25, -0.2) is 0 Å². The van der Waals surface area contributed by atoms with E-state index in [2.05, 4.69) is 12.2 Å². The molecule has 0 aromatic carbocycles. The second-order valence-electron chi connectivity index (χ2n) is 4.33. The van der Waals surface area contributed by atoms with Crippen LogP contribution >= 0.6 is 12.4 Å². The zero-order chi connectivity index (χ0) is 10.7. The van der Waals surface area contributed by atoms with E-state index in [1.165, 1.54) is 0 Å². The Balaban J connectivity index is 0.00000128. The fourth-order valence-corrected chi connectivity index (χ4v) is 2.28. The second-order valence-corrected chi connectivity index (χ2v) is 4.33. The second kappa shape index (κ2) is 6.42. The summed E-state index contributed by atoms with van der Waals surface area (Å²) in [5, 5.41) is 3.25. The minimum absolute atomic E-state index is 0. The summed E-state index contributed by atoms with van der Waals surface area (Å²) in [6, 6.07) is 0.0700. The van der Waals surface area contributed by atoms with Crippen LogP contribution in [0.5, 0.6) is 0 Å². The van der Waals surface area contributed by atoms with Gasteiger partial charge in [-0.15, -0.1) is 12.4 Å². The Labute approximate surface area is 103 Å².